The van der Waals surface area contributed by atoms with Crippen molar-refractivity contribution in [2.45, 2.75) is 26.3 Å². The van der Waals surface area contributed by atoms with E-state index in [2.05, 4.69) is 17.2 Å². The molecule has 0 saturated carbocycles. The van der Waals surface area contributed by atoms with Crippen LogP contribution in [0.15, 0.2) is 46.6 Å². The van der Waals surface area contributed by atoms with Gasteiger partial charge in [-0.3, -0.25) is 4.79 Å². The maximum Gasteiger partial charge on any atom is 0.248 e. The summed E-state index contributed by atoms with van der Waals surface area (Å²) >= 11 is 1.67. The zero-order valence-electron chi connectivity index (χ0n) is 11.7. The van der Waals surface area contributed by atoms with Gasteiger partial charge in [-0.15, -0.1) is 0 Å². The van der Waals surface area contributed by atoms with Crippen molar-refractivity contribution in [3.05, 3.63) is 47.2 Å². The molecule has 0 saturated heterocycles. The number of hydrogen-bond donors (Lipinski definition) is 2. The Morgan fingerprint density at radius 1 is 1.40 bits per heavy atom. The van der Waals surface area contributed by atoms with Crippen LogP contribution in [0.4, 0.5) is 0 Å². The third kappa shape index (κ3) is 3.22. The van der Waals surface area contributed by atoms with Gasteiger partial charge < -0.3 is 11.1 Å². The number of benzene rings is 1. The Morgan fingerprint density at radius 2 is 2.10 bits per heavy atom. The second-order valence-electron chi connectivity index (χ2n) is 4.62. The molecule has 0 bridgehead atoms. The van der Waals surface area contributed by atoms with Crippen LogP contribution in [0.25, 0.3) is 0 Å². The van der Waals surface area contributed by atoms with Crippen molar-refractivity contribution in [3.8, 4) is 0 Å². The number of nitrogens with zero attached hydrogens (tertiary/aromatic N) is 1. The van der Waals surface area contributed by atoms with Crippen LogP contribution in [-0.2, 0) is 4.79 Å². The number of hydrogen-bond acceptors (Lipinski definition) is 4. The second-order valence-corrected chi connectivity index (χ2v) is 5.71. The highest BCUT2D eigenvalue weighted by atomic mass is 32.2. The molecule has 2 rings (SSSR count). The van der Waals surface area contributed by atoms with E-state index < -0.39 is 5.91 Å². The van der Waals surface area contributed by atoms with E-state index in [0.717, 1.165) is 28.6 Å². The highest BCUT2D eigenvalue weighted by molar-refractivity contribution is 8.13. The van der Waals surface area contributed by atoms with Crippen molar-refractivity contribution in [2.75, 3.05) is 5.75 Å². The van der Waals surface area contributed by atoms with E-state index in [1.54, 1.807) is 11.8 Å². The van der Waals surface area contributed by atoms with Crippen LogP contribution in [0, 0.1) is 0 Å². The Kier molecular flexibility index (Phi) is 4.84. The minimum Gasteiger partial charge on any atom is -0.366 e. The van der Waals surface area contributed by atoms with Crippen LogP contribution in [0.1, 0.15) is 31.9 Å². The number of amidine groups is 1. The average Bonchev–Trinajstić information content (AvgIpc) is 2.45. The second kappa shape index (κ2) is 6.61. The molecule has 1 atom stereocenters. The lowest BCUT2D eigenvalue weighted by Crippen LogP contribution is -2.32. The summed E-state index contributed by atoms with van der Waals surface area (Å²) in [5, 5.41) is 4.02. The number of nitrogens with one attached hydrogen (secondary N) is 1. The number of amides is 1. The van der Waals surface area contributed by atoms with Crippen LogP contribution < -0.4 is 11.1 Å². The van der Waals surface area contributed by atoms with Crippen LogP contribution in [0.5, 0.6) is 0 Å². The summed E-state index contributed by atoms with van der Waals surface area (Å²) in [5.74, 6) is 0.569. The van der Waals surface area contributed by atoms with Gasteiger partial charge in [0, 0.05) is 11.4 Å². The first-order valence-corrected chi connectivity index (χ1v) is 7.65. The van der Waals surface area contributed by atoms with Gasteiger partial charge in [0.25, 0.3) is 0 Å². The Bertz CT molecular complexity index is 551. The van der Waals surface area contributed by atoms with E-state index in [0.29, 0.717) is 5.57 Å². The number of carbonyl (C=O) groups excluding carboxylic acids is 1. The molecule has 1 aliphatic rings. The lowest BCUT2D eigenvalue weighted by atomic mass is 9.96. The summed E-state index contributed by atoms with van der Waals surface area (Å²) in [6, 6.07) is 9.46. The zero-order chi connectivity index (χ0) is 14.5. The van der Waals surface area contributed by atoms with Gasteiger partial charge in [-0.05, 0) is 18.9 Å². The fourth-order valence-electron chi connectivity index (χ4n) is 2.12. The summed E-state index contributed by atoms with van der Waals surface area (Å²) < 4.78 is 0. The number of thioether (sulfide) groups is 1. The molecule has 0 radical (unpaired) electrons. The van der Waals surface area contributed by atoms with Crippen molar-refractivity contribution in [3.63, 3.8) is 0 Å². The number of carbonyl (C=O) groups is 1. The van der Waals surface area contributed by atoms with E-state index >= 15 is 0 Å². The van der Waals surface area contributed by atoms with Crippen LogP contribution in [0.2, 0.25) is 0 Å². The van der Waals surface area contributed by atoms with Crippen molar-refractivity contribution >= 4 is 22.8 Å². The molecule has 1 aliphatic heterocycles. The fraction of sp³-hybridized carbons (Fsp3) is 0.333. The zero-order valence-corrected chi connectivity index (χ0v) is 12.5. The maximum absolute atomic E-state index is 11.7. The highest BCUT2D eigenvalue weighted by Gasteiger charge is 2.27. The third-order valence-electron chi connectivity index (χ3n) is 3.04. The number of rotatable bonds is 4. The van der Waals surface area contributed by atoms with Gasteiger partial charge in [-0.1, -0.05) is 49.0 Å². The first-order valence-electron chi connectivity index (χ1n) is 6.66. The first kappa shape index (κ1) is 14.7. The first-order chi connectivity index (χ1) is 9.63. The molecule has 1 aromatic carbocycles. The van der Waals surface area contributed by atoms with Crippen LogP contribution in [0.3, 0.4) is 0 Å². The number of primary amides is 1. The highest BCUT2D eigenvalue weighted by Crippen LogP contribution is 2.31. The Morgan fingerprint density at radius 3 is 2.70 bits per heavy atom. The van der Waals surface area contributed by atoms with Gasteiger partial charge >= 0.3 is 0 Å². The largest absolute Gasteiger partial charge is 0.366 e. The molecule has 4 nitrogen and oxygen atoms in total. The van der Waals surface area contributed by atoms with E-state index in [9.17, 15) is 4.79 Å². The number of nitrogens with two attached hydrogens (primary N) is 1. The predicted octanol–water partition coefficient (Wildman–Crippen LogP) is 2.59. The Hall–Kier alpha value is -1.75. The number of aliphatic imine (C=N–C) groups is 1. The molecule has 1 amide bonds. The Balaban J connectivity index is 2.37. The SMILES string of the molecule is CCCSC1=N[C@H](c2ccccc2)C(C(N)=O)=C(C)N1. The van der Waals surface area contributed by atoms with Crippen molar-refractivity contribution in [1.82, 2.24) is 5.32 Å². The van der Waals surface area contributed by atoms with Crippen molar-refractivity contribution in [2.24, 2.45) is 10.7 Å². The summed E-state index contributed by atoms with van der Waals surface area (Å²) in [5.41, 5.74) is 7.83. The molecule has 1 heterocycles. The summed E-state index contributed by atoms with van der Waals surface area (Å²) in [7, 11) is 0. The summed E-state index contributed by atoms with van der Waals surface area (Å²) in [6.07, 6.45) is 1.08. The molecule has 0 aliphatic carbocycles. The van der Waals surface area contributed by atoms with Crippen molar-refractivity contribution in [1.29, 1.82) is 0 Å². The van der Waals surface area contributed by atoms with Gasteiger partial charge in [0.05, 0.1) is 5.57 Å². The average molecular weight is 289 g/mol. The van der Waals surface area contributed by atoms with Gasteiger partial charge in [0.2, 0.25) is 5.91 Å². The Labute approximate surface area is 123 Å². The topological polar surface area (TPSA) is 67.5 Å². The maximum atomic E-state index is 11.7. The normalized spacial score (nSPS) is 18.5. The van der Waals surface area contributed by atoms with Gasteiger partial charge in [-0.2, -0.15) is 0 Å². The third-order valence-corrected chi connectivity index (χ3v) is 4.14. The van der Waals surface area contributed by atoms with E-state index in [1.807, 2.05) is 37.3 Å². The monoisotopic (exact) mass is 289 g/mol. The molecule has 3 N–H and O–H groups in total. The van der Waals surface area contributed by atoms with E-state index in [-0.39, 0.29) is 6.04 Å². The summed E-state index contributed by atoms with van der Waals surface area (Å²) in [6.45, 7) is 4.00. The quantitative estimate of drug-likeness (QED) is 0.895. The molecule has 0 unspecified atom stereocenters. The molecule has 0 fully saturated rings. The standard InChI is InChI=1S/C15H19N3OS/c1-3-9-20-15-17-10(2)12(14(16)19)13(18-15)11-7-5-4-6-8-11/h4-8,13H,3,9H2,1-2H3,(H2,16,19)(H,17,18)/t13-/m1/s1. The fourth-order valence-corrected chi connectivity index (χ4v) is 2.92. The van der Waals surface area contributed by atoms with Crippen LogP contribution >= 0.6 is 11.8 Å². The molecule has 1 aromatic rings. The minimum atomic E-state index is -0.424. The van der Waals surface area contributed by atoms with Crippen LogP contribution in [-0.4, -0.2) is 16.8 Å². The molecule has 106 valence electrons. The number of allylic oxidation sites excluding steroid dienone is 1. The smallest absolute Gasteiger partial charge is 0.248 e. The van der Waals surface area contributed by atoms with E-state index in [1.165, 1.54) is 0 Å². The van der Waals surface area contributed by atoms with Gasteiger partial charge in [-0.25, -0.2) is 4.99 Å². The predicted molar refractivity (Wildman–Crippen MR) is 84.4 cm³/mol. The molecule has 20 heavy (non-hydrogen) atoms. The lowest BCUT2D eigenvalue weighted by molar-refractivity contribution is -0.114. The molecule has 0 aromatic heterocycles. The molecular formula is C15H19N3OS. The molecular weight excluding hydrogens is 270 g/mol. The van der Waals surface area contributed by atoms with Gasteiger partial charge in [0.1, 0.15) is 6.04 Å². The molecule has 0 spiro atoms. The van der Waals surface area contributed by atoms with E-state index in [4.69, 9.17) is 5.73 Å². The summed E-state index contributed by atoms with van der Waals surface area (Å²) in [4.78, 5) is 16.4. The minimum absolute atomic E-state index is 0.311. The molecule has 5 heteroatoms. The van der Waals surface area contributed by atoms with Gasteiger partial charge in [0.15, 0.2) is 5.17 Å². The lowest BCUT2D eigenvalue weighted by Gasteiger charge is -2.25. The van der Waals surface area contributed by atoms with Crippen molar-refractivity contribution < 1.29 is 4.79 Å².